The first-order valence-electron chi connectivity index (χ1n) is 9.88. The number of hydrogen-bond donors (Lipinski definition) is 1. The number of benzene rings is 3. The highest BCUT2D eigenvalue weighted by Gasteiger charge is 2.20. The van der Waals surface area contributed by atoms with Crippen molar-refractivity contribution >= 4 is 9.84 Å². The summed E-state index contributed by atoms with van der Waals surface area (Å²) in [6.45, 7) is 1.92. The third kappa shape index (κ3) is 4.98. The van der Waals surface area contributed by atoms with Crippen molar-refractivity contribution in [1.82, 2.24) is 9.97 Å². The Morgan fingerprint density at radius 2 is 1.52 bits per heavy atom. The van der Waals surface area contributed by atoms with Gasteiger partial charge in [-0.1, -0.05) is 48.0 Å². The van der Waals surface area contributed by atoms with Crippen LogP contribution in [-0.4, -0.2) is 23.5 Å². The molecule has 0 saturated carbocycles. The molecule has 5 nitrogen and oxygen atoms in total. The number of hydrogen-bond acceptors (Lipinski definition) is 5. The number of phenols is 1. The van der Waals surface area contributed by atoms with Crippen LogP contribution in [0.2, 0.25) is 0 Å². The van der Waals surface area contributed by atoms with E-state index in [1.165, 1.54) is 0 Å². The van der Waals surface area contributed by atoms with E-state index >= 15 is 0 Å². The van der Waals surface area contributed by atoms with Crippen LogP contribution < -0.4 is 0 Å². The largest absolute Gasteiger partial charge is 0.508 e. The predicted molar refractivity (Wildman–Crippen MR) is 120 cm³/mol. The molecule has 0 spiro atoms. The van der Waals surface area contributed by atoms with E-state index in [9.17, 15) is 13.5 Å². The SMILES string of the molecule is Cc1ccc(S(=O)(=O)Cc2ncc(-c3ccc(O)cc3)nc2Cc2ccccc2)cc1. The number of aromatic nitrogens is 2. The third-order valence-electron chi connectivity index (χ3n) is 5.02. The van der Waals surface area contributed by atoms with Crippen molar-refractivity contribution in [2.75, 3.05) is 0 Å². The third-order valence-corrected chi connectivity index (χ3v) is 6.66. The zero-order valence-corrected chi connectivity index (χ0v) is 17.9. The Morgan fingerprint density at radius 3 is 2.19 bits per heavy atom. The second-order valence-electron chi connectivity index (χ2n) is 7.43. The Balaban J connectivity index is 1.73. The molecule has 3 aromatic carbocycles. The van der Waals surface area contributed by atoms with Gasteiger partial charge >= 0.3 is 0 Å². The maximum atomic E-state index is 13.0. The second kappa shape index (κ2) is 8.70. The van der Waals surface area contributed by atoms with Gasteiger partial charge in [0, 0.05) is 12.0 Å². The van der Waals surface area contributed by atoms with Gasteiger partial charge in [0.25, 0.3) is 0 Å². The Labute approximate surface area is 182 Å². The van der Waals surface area contributed by atoms with Gasteiger partial charge in [0.15, 0.2) is 9.84 Å². The molecule has 4 rings (SSSR count). The Hall–Kier alpha value is -3.51. The van der Waals surface area contributed by atoms with Crippen LogP contribution in [0.3, 0.4) is 0 Å². The quantitative estimate of drug-likeness (QED) is 0.479. The molecular formula is C25H22N2O3S. The molecular weight excluding hydrogens is 408 g/mol. The lowest BCUT2D eigenvalue weighted by molar-refractivity contribution is 0.475. The Kier molecular flexibility index (Phi) is 5.82. The summed E-state index contributed by atoms with van der Waals surface area (Å²) in [6, 6.07) is 23.3. The number of phenolic OH excluding ortho intramolecular Hbond substituents is 1. The van der Waals surface area contributed by atoms with Crippen LogP contribution in [0, 0.1) is 6.92 Å². The van der Waals surface area contributed by atoms with Crippen molar-refractivity contribution in [3.05, 3.63) is 108 Å². The standard InChI is InChI=1S/C25H22N2O3S/c1-18-7-13-22(14-8-18)31(29,30)17-25-23(15-19-5-3-2-4-6-19)27-24(16-26-25)20-9-11-21(28)12-10-20/h2-14,16,28H,15,17H2,1H3. The minimum Gasteiger partial charge on any atom is -0.508 e. The van der Waals surface area contributed by atoms with E-state index in [4.69, 9.17) is 4.98 Å². The highest BCUT2D eigenvalue weighted by atomic mass is 32.2. The van der Waals surface area contributed by atoms with Crippen molar-refractivity contribution in [3.8, 4) is 17.0 Å². The Bertz CT molecular complexity index is 1290. The normalized spacial score (nSPS) is 11.4. The monoisotopic (exact) mass is 430 g/mol. The lowest BCUT2D eigenvalue weighted by atomic mass is 10.1. The van der Waals surface area contributed by atoms with E-state index in [-0.39, 0.29) is 16.4 Å². The maximum Gasteiger partial charge on any atom is 0.184 e. The fraction of sp³-hybridized carbons (Fsp3) is 0.120. The second-order valence-corrected chi connectivity index (χ2v) is 9.42. The van der Waals surface area contributed by atoms with E-state index in [0.717, 1.165) is 16.7 Å². The molecule has 1 N–H and O–H groups in total. The fourth-order valence-electron chi connectivity index (χ4n) is 3.28. The molecule has 0 amide bonds. The van der Waals surface area contributed by atoms with Crippen molar-refractivity contribution in [2.24, 2.45) is 0 Å². The molecule has 0 atom stereocenters. The van der Waals surface area contributed by atoms with Gasteiger partial charge in [-0.3, -0.25) is 4.98 Å². The van der Waals surface area contributed by atoms with Crippen LogP contribution >= 0.6 is 0 Å². The van der Waals surface area contributed by atoms with Gasteiger partial charge in [-0.2, -0.15) is 0 Å². The van der Waals surface area contributed by atoms with Gasteiger partial charge in [-0.25, -0.2) is 13.4 Å². The van der Waals surface area contributed by atoms with Crippen LogP contribution in [-0.2, 0) is 22.0 Å². The molecule has 0 aliphatic heterocycles. The number of nitrogens with zero attached hydrogens (tertiary/aromatic N) is 2. The lowest BCUT2D eigenvalue weighted by Crippen LogP contribution is -2.11. The highest BCUT2D eigenvalue weighted by Crippen LogP contribution is 2.24. The summed E-state index contributed by atoms with van der Waals surface area (Å²) in [5.74, 6) is -0.0526. The van der Waals surface area contributed by atoms with Crippen LogP contribution in [0.4, 0.5) is 0 Å². The molecule has 0 aliphatic carbocycles. The molecule has 6 heteroatoms. The van der Waals surface area contributed by atoms with Crippen molar-refractivity contribution in [3.63, 3.8) is 0 Å². The lowest BCUT2D eigenvalue weighted by Gasteiger charge is -2.12. The summed E-state index contributed by atoms with van der Waals surface area (Å²) in [7, 11) is -3.56. The first kappa shape index (κ1) is 20.8. The summed E-state index contributed by atoms with van der Waals surface area (Å²) >= 11 is 0. The van der Waals surface area contributed by atoms with Crippen LogP contribution in [0.1, 0.15) is 22.5 Å². The van der Waals surface area contributed by atoms with Crippen LogP contribution in [0.25, 0.3) is 11.3 Å². The van der Waals surface area contributed by atoms with Gasteiger partial charge in [0.2, 0.25) is 0 Å². The van der Waals surface area contributed by atoms with E-state index in [1.54, 1.807) is 54.7 Å². The van der Waals surface area contributed by atoms with Crippen molar-refractivity contribution in [2.45, 2.75) is 24.0 Å². The molecule has 0 fully saturated rings. The average molecular weight is 431 g/mol. The molecule has 31 heavy (non-hydrogen) atoms. The van der Waals surface area contributed by atoms with E-state index in [1.807, 2.05) is 37.3 Å². The molecule has 0 unspecified atom stereocenters. The van der Waals surface area contributed by atoms with Crippen molar-refractivity contribution in [1.29, 1.82) is 0 Å². The summed E-state index contributed by atoms with van der Waals surface area (Å²) < 4.78 is 26.0. The van der Waals surface area contributed by atoms with E-state index in [2.05, 4.69) is 4.98 Å². The smallest absolute Gasteiger partial charge is 0.184 e. The number of sulfone groups is 1. The van der Waals surface area contributed by atoms with Gasteiger partial charge in [0.05, 0.1) is 33.9 Å². The predicted octanol–water partition coefficient (Wildman–Crippen LogP) is 4.72. The zero-order chi connectivity index (χ0) is 21.8. The fourth-order valence-corrected chi connectivity index (χ4v) is 4.60. The minimum absolute atomic E-state index is 0.169. The van der Waals surface area contributed by atoms with E-state index < -0.39 is 9.84 Å². The molecule has 0 radical (unpaired) electrons. The number of aryl methyl sites for hydroxylation is 1. The van der Waals surface area contributed by atoms with Gasteiger partial charge in [-0.15, -0.1) is 0 Å². The number of aromatic hydroxyl groups is 1. The van der Waals surface area contributed by atoms with Crippen LogP contribution in [0.5, 0.6) is 5.75 Å². The van der Waals surface area contributed by atoms with Gasteiger partial charge in [-0.05, 0) is 48.9 Å². The first-order valence-corrected chi connectivity index (χ1v) is 11.5. The van der Waals surface area contributed by atoms with Gasteiger partial charge < -0.3 is 5.11 Å². The Morgan fingerprint density at radius 1 is 0.839 bits per heavy atom. The molecule has 4 aromatic rings. The molecule has 0 bridgehead atoms. The molecule has 1 heterocycles. The number of rotatable bonds is 6. The topological polar surface area (TPSA) is 80.2 Å². The molecule has 1 aromatic heterocycles. The van der Waals surface area contributed by atoms with Gasteiger partial charge in [0.1, 0.15) is 5.75 Å². The summed E-state index contributed by atoms with van der Waals surface area (Å²) in [5, 5.41) is 9.55. The molecule has 0 aliphatic rings. The summed E-state index contributed by atoms with van der Waals surface area (Å²) in [6.07, 6.45) is 2.05. The highest BCUT2D eigenvalue weighted by molar-refractivity contribution is 7.90. The average Bonchev–Trinajstić information content (AvgIpc) is 2.76. The summed E-state index contributed by atoms with van der Waals surface area (Å²) in [4.78, 5) is 9.52. The summed E-state index contributed by atoms with van der Waals surface area (Å²) in [5.41, 5.74) is 4.50. The zero-order valence-electron chi connectivity index (χ0n) is 17.1. The maximum absolute atomic E-state index is 13.0. The van der Waals surface area contributed by atoms with E-state index in [0.29, 0.717) is 23.5 Å². The van der Waals surface area contributed by atoms with Crippen molar-refractivity contribution < 1.29 is 13.5 Å². The van der Waals surface area contributed by atoms with Crippen LogP contribution in [0.15, 0.2) is 90.0 Å². The minimum atomic E-state index is -3.56. The first-order chi connectivity index (χ1) is 14.9. The molecule has 156 valence electrons. The molecule has 0 saturated heterocycles.